The van der Waals surface area contributed by atoms with Gasteiger partial charge in [0.1, 0.15) is 42.9 Å². The Bertz CT molecular complexity index is 1240. The van der Waals surface area contributed by atoms with Crippen LogP contribution in [-0.4, -0.2) is 99.8 Å². The molecule has 1 unspecified atom stereocenters. The Morgan fingerprint density at radius 1 is 0.857 bits per heavy atom. The summed E-state index contributed by atoms with van der Waals surface area (Å²) >= 11 is 0. The van der Waals surface area contributed by atoms with Crippen LogP contribution in [0.4, 0.5) is 0 Å². The summed E-state index contributed by atoms with van der Waals surface area (Å²) in [7, 11) is -3.17. The zero-order valence-corrected chi connectivity index (χ0v) is 30.2. The number of hydrogen-bond acceptors (Lipinski definition) is 13. The van der Waals surface area contributed by atoms with Gasteiger partial charge in [-0.15, -0.1) is 0 Å². The Hall–Kier alpha value is -1.49. The Labute approximate surface area is 288 Å². The number of methoxy groups -OCH3 is 1. The summed E-state index contributed by atoms with van der Waals surface area (Å²) in [6, 6.07) is 0. The molecule has 49 heavy (non-hydrogen) atoms. The van der Waals surface area contributed by atoms with Crippen LogP contribution in [0, 0.1) is 6.92 Å². The molecule has 5 N–H and O–H groups in total. The molecule has 16 heteroatoms. The molecule has 0 aromatic carbocycles. The second-order valence-corrected chi connectivity index (χ2v) is 14.7. The van der Waals surface area contributed by atoms with Crippen LogP contribution in [0.5, 0.6) is 0 Å². The summed E-state index contributed by atoms with van der Waals surface area (Å²) in [4.78, 5) is 26.5. The third-order valence-electron chi connectivity index (χ3n) is 9.13. The molecule has 0 saturated carbocycles. The fourth-order valence-electron chi connectivity index (χ4n) is 6.10. The summed E-state index contributed by atoms with van der Waals surface area (Å²) in [6.45, 7) is 2.70. The molecular weight excluding hydrogens is 663 g/mol. The SMILES string of the molecule is CCCCCCCCCCCCCCCCOP(=O)(OC[C@H]1O[C@H](OC)[C@H](O)[C@@H](O)[C@@H]1O)O[C@H]1C[C@H](n2cc(C)c(=O)[nH]c2=O)O[C@@H]1CO. The highest BCUT2D eigenvalue weighted by Crippen LogP contribution is 2.53. The number of H-pyrrole nitrogens is 1. The molecule has 15 nitrogen and oxygen atoms in total. The maximum Gasteiger partial charge on any atom is 0.475 e. The zero-order valence-electron chi connectivity index (χ0n) is 29.3. The summed E-state index contributed by atoms with van der Waals surface area (Å²) in [5.74, 6) is 0. The third-order valence-corrected chi connectivity index (χ3v) is 10.6. The zero-order chi connectivity index (χ0) is 35.8. The van der Waals surface area contributed by atoms with Gasteiger partial charge in [0, 0.05) is 25.3 Å². The number of nitrogens with zero attached hydrogens (tertiary/aromatic N) is 1. The predicted octanol–water partition coefficient (Wildman–Crippen LogP) is 3.59. The van der Waals surface area contributed by atoms with Crippen molar-refractivity contribution in [1.82, 2.24) is 9.55 Å². The monoisotopic (exact) mass is 722 g/mol. The van der Waals surface area contributed by atoms with Gasteiger partial charge in [-0.1, -0.05) is 90.4 Å². The Kier molecular flexibility index (Phi) is 18.6. The van der Waals surface area contributed by atoms with Crippen molar-refractivity contribution in [2.24, 2.45) is 0 Å². The van der Waals surface area contributed by atoms with Crippen LogP contribution in [0.3, 0.4) is 0 Å². The lowest BCUT2D eigenvalue weighted by atomic mass is 9.99. The first-order valence-electron chi connectivity index (χ1n) is 17.9. The summed E-state index contributed by atoms with van der Waals surface area (Å²) in [5, 5.41) is 40.8. The van der Waals surface area contributed by atoms with Crippen molar-refractivity contribution in [2.45, 2.75) is 159 Å². The molecule has 0 aliphatic carbocycles. The van der Waals surface area contributed by atoms with Crippen molar-refractivity contribution in [3.05, 3.63) is 32.6 Å². The van der Waals surface area contributed by atoms with Crippen LogP contribution in [0.25, 0.3) is 0 Å². The molecule has 2 aliphatic rings. The van der Waals surface area contributed by atoms with E-state index in [2.05, 4.69) is 11.9 Å². The topological polar surface area (TPSA) is 208 Å². The maximum absolute atomic E-state index is 14.0. The van der Waals surface area contributed by atoms with Gasteiger partial charge in [0.05, 0.1) is 19.8 Å². The molecule has 2 aliphatic heterocycles. The lowest BCUT2D eigenvalue weighted by Gasteiger charge is -2.39. The first kappa shape index (κ1) is 41.9. The van der Waals surface area contributed by atoms with Gasteiger partial charge in [0.2, 0.25) is 0 Å². The van der Waals surface area contributed by atoms with Gasteiger partial charge in [0.15, 0.2) is 6.29 Å². The first-order valence-corrected chi connectivity index (χ1v) is 19.4. The van der Waals surface area contributed by atoms with E-state index in [4.69, 9.17) is 27.8 Å². The Balaban J connectivity index is 1.54. The number of unbranched alkanes of at least 4 members (excludes halogenated alkanes) is 13. The first-order chi connectivity index (χ1) is 23.5. The molecule has 0 spiro atoms. The van der Waals surface area contributed by atoms with E-state index in [1.165, 1.54) is 78.0 Å². The Morgan fingerprint density at radius 2 is 1.45 bits per heavy atom. The van der Waals surface area contributed by atoms with Crippen LogP contribution in [0.1, 0.15) is 115 Å². The van der Waals surface area contributed by atoms with Crippen LogP contribution in [-0.2, 0) is 32.3 Å². The van der Waals surface area contributed by atoms with E-state index in [1.54, 1.807) is 0 Å². The van der Waals surface area contributed by atoms with E-state index in [9.17, 15) is 34.6 Å². The number of hydrogen-bond donors (Lipinski definition) is 5. The van der Waals surface area contributed by atoms with Crippen molar-refractivity contribution in [1.29, 1.82) is 0 Å². The van der Waals surface area contributed by atoms with E-state index >= 15 is 0 Å². The summed E-state index contributed by atoms with van der Waals surface area (Å²) in [6.07, 6.45) is 7.36. The van der Waals surface area contributed by atoms with E-state index in [-0.39, 0.29) is 18.6 Å². The number of ether oxygens (including phenoxy) is 3. The summed E-state index contributed by atoms with van der Waals surface area (Å²) < 4.78 is 48.7. The van der Waals surface area contributed by atoms with Crippen LogP contribution in [0.15, 0.2) is 15.8 Å². The predicted molar refractivity (Wildman–Crippen MR) is 180 cm³/mol. The molecule has 0 amide bonds. The third kappa shape index (κ3) is 13.2. The van der Waals surface area contributed by atoms with Crippen LogP contribution < -0.4 is 11.2 Å². The molecule has 1 aromatic heterocycles. The molecule has 2 fully saturated rings. The number of aromatic amines is 1. The number of aliphatic hydroxyl groups is 4. The van der Waals surface area contributed by atoms with E-state index < -0.39 is 81.4 Å². The molecule has 2 saturated heterocycles. The fraction of sp³-hybridized carbons (Fsp3) is 0.879. The number of aryl methyl sites for hydroxylation is 1. The smallest absolute Gasteiger partial charge is 0.394 e. The second-order valence-electron chi connectivity index (χ2n) is 13.1. The highest BCUT2D eigenvalue weighted by molar-refractivity contribution is 7.48. The molecule has 1 aromatic rings. The number of aliphatic hydroxyl groups excluding tert-OH is 4. The average molecular weight is 723 g/mol. The molecule has 9 atom stereocenters. The van der Waals surface area contributed by atoms with Gasteiger partial charge < -0.3 is 34.6 Å². The number of rotatable bonds is 24. The van der Waals surface area contributed by atoms with Gasteiger partial charge in [-0.25, -0.2) is 9.36 Å². The second kappa shape index (κ2) is 21.8. The minimum Gasteiger partial charge on any atom is -0.394 e. The molecule has 0 radical (unpaired) electrons. The molecule has 284 valence electrons. The molecular formula is C33H59N2O13P. The molecule has 3 heterocycles. The van der Waals surface area contributed by atoms with Gasteiger partial charge in [-0.3, -0.25) is 27.9 Å². The molecule has 3 rings (SSSR count). The largest absolute Gasteiger partial charge is 0.475 e. The van der Waals surface area contributed by atoms with Crippen molar-refractivity contribution in [2.75, 3.05) is 26.9 Å². The van der Waals surface area contributed by atoms with Gasteiger partial charge >= 0.3 is 13.5 Å². The van der Waals surface area contributed by atoms with Gasteiger partial charge in [0.25, 0.3) is 5.56 Å². The highest BCUT2D eigenvalue weighted by atomic mass is 31.2. The lowest BCUT2D eigenvalue weighted by molar-refractivity contribution is -0.293. The minimum absolute atomic E-state index is 0.0325. The van der Waals surface area contributed by atoms with Crippen molar-refractivity contribution >= 4 is 7.82 Å². The van der Waals surface area contributed by atoms with Crippen molar-refractivity contribution in [3.63, 3.8) is 0 Å². The summed E-state index contributed by atoms with van der Waals surface area (Å²) in [5.41, 5.74) is -0.990. The van der Waals surface area contributed by atoms with Crippen molar-refractivity contribution < 1.29 is 52.8 Å². The van der Waals surface area contributed by atoms with Gasteiger partial charge in [-0.05, 0) is 13.3 Å². The normalized spacial score (nSPS) is 28.6. The van der Waals surface area contributed by atoms with E-state index in [1.807, 2.05) is 0 Å². The van der Waals surface area contributed by atoms with E-state index in [0.29, 0.717) is 6.42 Å². The highest BCUT2D eigenvalue weighted by Gasteiger charge is 2.47. The van der Waals surface area contributed by atoms with Gasteiger partial charge in [-0.2, -0.15) is 0 Å². The number of phosphoric ester groups is 1. The quantitative estimate of drug-likeness (QED) is 0.0765. The van der Waals surface area contributed by atoms with Crippen LogP contribution >= 0.6 is 7.82 Å². The van der Waals surface area contributed by atoms with E-state index in [0.717, 1.165) is 30.3 Å². The van der Waals surface area contributed by atoms with Crippen LogP contribution in [0.2, 0.25) is 0 Å². The maximum atomic E-state index is 14.0. The standard InChI is InChI=1S/C33H59N2O13P/c1-4-5-6-7-8-9-10-11-12-13-14-15-16-17-18-44-49(42,45-22-26-28(37)29(38)30(39)32(43-3)47-26)48-24-19-27(46-25(24)21-36)35-20-23(2)31(40)34-33(35)41/h20,24-30,32,36-39H,4-19,21-22H2,1-3H3,(H,34,40,41)/t24-,25+,26+,27+,28+,29-,30+,32-,49?/m0/s1. The lowest BCUT2D eigenvalue weighted by Crippen LogP contribution is -2.59. The van der Waals surface area contributed by atoms with Crippen molar-refractivity contribution in [3.8, 4) is 0 Å². The number of aromatic nitrogens is 2. The number of nitrogens with one attached hydrogen (secondary N) is 1. The fourth-order valence-corrected chi connectivity index (χ4v) is 7.53. The molecule has 0 bridgehead atoms. The number of phosphoric acid groups is 1. The Morgan fingerprint density at radius 3 is 2.02 bits per heavy atom. The average Bonchev–Trinajstić information content (AvgIpc) is 3.48. The minimum atomic E-state index is -4.42.